The van der Waals surface area contributed by atoms with E-state index in [-0.39, 0.29) is 6.04 Å². The molecular weight excluding hydrogens is 255 g/mol. The minimum Gasteiger partial charge on any atom is -0.366 e. The molecular formula is C13H14Cl2N2. The van der Waals surface area contributed by atoms with Gasteiger partial charge in [0.05, 0.1) is 23.2 Å². The highest BCUT2D eigenvalue weighted by atomic mass is 35.5. The van der Waals surface area contributed by atoms with E-state index in [0.717, 1.165) is 25.1 Å². The van der Waals surface area contributed by atoms with Crippen molar-refractivity contribution in [3.05, 3.63) is 28.2 Å². The Hall–Kier alpha value is -0.910. The Balaban J connectivity index is 2.29. The molecule has 0 amide bonds. The summed E-state index contributed by atoms with van der Waals surface area (Å²) in [5.41, 5.74) is 0.958. The highest BCUT2D eigenvalue weighted by Gasteiger charge is 2.24. The Bertz CT molecular complexity index is 440. The fourth-order valence-electron chi connectivity index (χ4n) is 2.34. The van der Waals surface area contributed by atoms with Gasteiger partial charge in [0.1, 0.15) is 0 Å². The summed E-state index contributed by atoms with van der Waals surface area (Å²) in [6, 6.07) is 8.02. The van der Waals surface area contributed by atoms with Crippen LogP contribution in [0, 0.1) is 11.3 Å². The van der Waals surface area contributed by atoms with Crippen LogP contribution >= 0.6 is 23.2 Å². The molecule has 1 aromatic rings. The topological polar surface area (TPSA) is 27.0 Å². The van der Waals surface area contributed by atoms with Crippen LogP contribution in [0.2, 0.25) is 10.0 Å². The molecule has 0 bridgehead atoms. The molecule has 1 aliphatic rings. The van der Waals surface area contributed by atoms with Crippen LogP contribution in [0.15, 0.2) is 18.2 Å². The number of piperidine rings is 1. The number of hydrogen-bond donors (Lipinski definition) is 0. The van der Waals surface area contributed by atoms with Gasteiger partial charge >= 0.3 is 0 Å². The van der Waals surface area contributed by atoms with Crippen molar-refractivity contribution in [2.24, 2.45) is 0 Å². The van der Waals surface area contributed by atoms with Crippen LogP contribution in [0.3, 0.4) is 0 Å². The van der Waals surface area contributed by atoms with E-state index in [2.05, 4.69) is 11.0 Å². The second kappa shape index (κ2) is 5.62. The maximum atomic E-state index is 8.87. The van der Waals surface area contributed by atoms with Crippen LogP contribution in [-0.2, 0) is 0 Å². The SMILES string of the molecule is N#CCC1CCCCN1c1cc(Cl)ccc1Cl. The van der Waals surface area contributed by atoms with Crippen LogP contribution in [0.4, 0.5) is 5.69 Å². The molecule has 0 saturated carbocycles. The van der Waals surface area contributed by atoms with Crippen molar-refractivity contribution in [2.75, 3.05) is 11.4 Å². The Morgan fingerprint density at radius 2 is 2.18 bits per heavy atom. The summed E-state index contributed by atoms with van der Waals surface area (Å²) in [5.74, 6) is 0. The second-order valence-electron chi connectivity index (χ2n) is 4.30. The van der Waals surface area contributed by atoms with Gasteiger partial charge in [-0.3, -0.25) is 0 Å². The van der Waals surface area contributed by atoms with E-state index < -0.39 is 0 Å². The summed E-state index contributed by atoms with van der Waals surface area (Å²) in [7, 11) is 0. The molecule has 17 heavy (non-hydrogen) atoms. The van der Waals surface area contributed by atoms with Crippen LogP contribution < -0.4 is 4.90 Å². The summed E-state index contributed by atoms with van der Waals surface area (Å²) in [6.45, 7) is 0.951. The molecule has 2 rings (SSSR count). The van der Waals surface area contributed by atoms with Gasteiger partial charge in [0.15, 0.2) is 0 Å². The average molecular weight is 269 g/mol. The van der Waals surface area contributed by atoms with Crippen molar-refractivity contribution in [1.82, 2.24) is 0 Å². The maximum absolute atomic E-state index is 8.87. The average Bonchev–Trinajstić information content (AvgIpc) is 2.34. The highest BCUT2D eigenvalue weighted by Crippen LogP contribution is 2.34. The third kappa shape index (κ3) is 2.86. The molecule has 0 spiro atoms. The molecule has 1 aliphatic heterocycles. The number of benzene rings is 1. The third-order valence-corrected chi connectivity index (χ3v) is 3.73. The van der Waals surface area contributed by atoms with Crippen LogP contribution in [0.25, 0.3) is 0 Å². The van der Waals surface area contributed by atoms with Crippen molar-refractivity contribution in [3.8, 4) is 6.07 Å². The summed E-state index contributed by atoms with van der Waals surface area (Å²) in [4.78, 5) is 2.22. The Morgan fingerprint density at radius 3 is 2.94 bits per heavy atom. The lowest BCUT2D eigenvalue weighted by Gasteiger charge is -2.37. The molecule has 4 heteroatoms. The van der Waals surface area contributed by atoms with Crippen molar-refractivity contribution in [2.45, 2.75) is 31.7 Å². The number of nitrogens with zero attached hydrogens (tertiary/aromatic N) is 2. The lowest BCUT2D eigenvalue weighted by molar-refractivity contribution is 0.465. The standard InChI is InChI=1S/C13H14Cl2N2/c14-10-4-5-12(15)13(9-10)17-8-2-1-3-11(17)6-7-16/h4-5,9,11H,1-3,6,8H2. The molecule has 0 aromatic heterocycles. The van der Waals surface area contributed by atoms with E-state index >= 15 is 0 Å². The molecule has 0 aliphatic carbocycles. The molecule has 0 radical (unpaired) electrons. The van der Waals surface area contributed by atoms with Crippen molar-refractivity contribution in [1.29, 1.82) is 5.26 Å². The Kier molecular flexibility index (Phi) is 4.15. The first-order chi connectivity index (χ1) is 8.22. The number of anilines is 1. The van der Waals surface area contributed by atoms with Crippen LogP contribution in [0.5, 0.6) is 0 Å². The van der Waals surface area contributed by atoms with Crippen molar-refractivity contribution < 1.29 is 0 Å². The van der Waals surface area contributed by atoms with Crippen LogP contribution in [0.1, 0.15) is 25.7 Å². The summed E-state index contributed by atoms with van der Waals surface area (Å²) in [6.07, 6.45) is 3.92. The molecule has 1 fully saturated rings. The zero-order valence-electron chi connectivity index (χ0n) is 9.50. The monoisotopic (exact) mass is 268 g/mol. The molecule has 1 unspecified atom stereocenters. The maximum Gasteiger partial charge on any atom is 0.0643 e. The fraction of sp³-hybridized carbons (Fsp3) is 0.462. The summed E-state index contributed by atoms with van der Waals surface area (Å²) >= 11 is 12.2. The lowest BCUT2D eigenvalue weighted by Crippen LogP contribution is -2.39. The van der Waals surface area contributed by atoms with Crippen molar-refractivity contribution >= 4 is 28.9 Å². The molecule has 0 N–H and O–H groups in total. The number of rotatable bonds is 2. The molecule has 1 heterocycles. The van der Waals surface area contributed by atoms with Gasteiger partial charge < -0.3 is 4.90 Å². The number of nitriles is 1. The van der Waals surface area contributed by atoms with Gasteiger partial charge in [-0.15, -0.1) is 0 Å². The lowest BCUT2D eigenvalue weighted by atomic mass is 9.99. The largest absolute Gasteiger partial charge is 0.366 e. The Labute approximate surface area is 112 Å². The smallest absolute Gasteiger partial charge is 0.0643 e. The highest BCUT2D eigenvalue weighted by molar-refractivity contribution is 6.35. The first kappa shape index (κ1) is 12.5. The molecule has 1 aromatic carbocycles. The van der Waals surface area contributed by atoms with Gasteiger partial charge in [0, 0.05) is 17.6 Å². The van der Waals surface area contributed by atoms with E-state index in [1.807, 2.05) is 12.1 Å². The number of hydrogen-bond acceptors (Lipinski definition) is 2. The van der Waals surface area contributed by atoms with Gasteiger partial charge in [-0.1, -0.05) is 23.2 Å². The first-order valence-electron chi connectivity index (χ1n) is 5.81. The summed E-state index contributed by atoms with van der Waals surface area (Å²) < 4.78 is 0. The van der Waals surface area contributed by atoms with Gasteiger partial charge in [-0.2, -0.15) is 5.26 Å². The van der Waals surface area contributed by atoms with E-state index in [9.17, 15) is 0 Å². The van der Waals surface area contributed by atoms with E-state index in [4.69, 9.17) is 28.5 Å². The van der Waals surface area contributed by atoms with E-state index in [1.54, 1.807) is 6.07 Å². The minimum absolute atomic E-state index is 0.268. The molecule has 1 saturated heterocycles. The first-order valence-corrected chi connectivity index (χ1v) is 6.56. The van der Waals surface area contributed by atoms with Gasteiger partial charge in [-0.25, -0.2) is 0 Å². The molecule has 90 valence electrons. The Morgan fingerprint density at radius 1 is 1.35 bits per heavy atom. The quantitative estimate of drug-likeness (QED) is 0.801. The fourth-order valence-corrected chi connectivity index (χ4v) is 2.73. The minimum atomic E-state index is 0.268. The van der Waals surface area contributed by atoms with E-state index in [1.165, 1.54) is 6.42 Å². The number of halogens is 2. The van der Waals surface area contributed by atoms with Gasteiger partial charge in [0.2, 0.25) is 0 Å². The zero-order chi connectivity index (χ0) is 12.3. The normalized spacial score (nSPS) is 20.1. The zero-order valence-corrected chi connectivity index (χ0v) is 11.0. The predicted molar refractivity (Wildman–Crippen MR) is 71.7 cm³/mol. The predicted octanol–water partition coefficient (Wildman–Crippen LogP) is 4.27. The molecule has 2 nitrogen and oxygen atoms in total. The van der Waals surface area contributed by atoms with Gasteiger partial charge in [-0.05, 0) is 37.5 Å². The van der Waals surface area contributed by atoms with Crippen LogP contribution in [-0.4, -0.2) is 12.6 Å². The van der Waals surface area contributed by atoms with E-state index in [0.29, 0.717) is 16.5 Å². The third-order valence-electron chi connectivity index (χ3n) is 3.17. The summed E-state index contributed by atoms with van der Waals surface area (Å²) in [5, 5.41) is 10.3. The van der Waals surface area contributed by atoms with Gasteiger partial charge in [0.25, 0.3) is 0 Å². The second-order valence-corrected chi connectivity index (χ2v) is 5.14. The molecule has 1 atom stereocenters. The van der Waals surface area contributed by atoms with Crippen molar-refractivity contribution in [3.63, 3.8) is 0 Å².